The smallest absolute Gasteiger partial charge is 0.306 e. The molecule has 1 atom stereocenters. The SMILES string of the molecule is CCC/C=C\C/C=C\CCCCCCCC(=O)OC(COCCCCCCCC)COC(=O)CCCCCCCCCCCCCCCCC. The second-order valence-corrected chi connectivity index (χ2v) is 14.6. The lowest BCUT2D eigenvalue weighted by molar-refractivity contribution is -0.163. The Morgan fingerprint density at radius 1 is 0.440 bits per heavy atom. The van der Waals surface area contributed by atoms with Crippen molar-refractivity contribution in [2.24, 2.45) is 0 Å². The summed E-state index contributed by atoms with van der Waals surface area (Å²) in [5, 5.41) is 0. The van der Waals surface area contributed by atoms with Gasteiger partial charge in [0.2, 0.25) is 0 Å². The van der Waals surface area contributed by atoms with E-state index in [9.17, 15) is 9.59 Å². The monoisotopic (exact) mass is 705 g/mol. The fourth-order valence-corrected chi connectivity index (χ4v) is 6.19. The molecule has 0 fully saturated rings. The van der Waals surface area contributed by atoms with Crippen molar-refractivity contribution in [1.29, 1.82) is 0 Å². The van der Waals surface area contributed by atoms with Crippen LogP contribution in [-0.4, -0.2) is 37.9 Å². The molecule has 0 radical (unpaired) electrons. The van der Waals surface area contributed by atoms with Crippen LogP contribution < -0.4 is 0 Å². The minimum Gasteiger partial charge on any atom is -0.462 e. The molecule has 0 N–H and O–H groups in total. The normalized spacial score (nSPS) is 12.3. The summed E-state index contributed by atoms with van der Waals surface area (Å²) in [4.78, 5) is 25.1. The lowest BCUT2D eigenvalue weighted by atomic mass is 10.0. The molecule has 0 bridgehead atoms. The van der Waals surface area contributed by atoms with Gasteiger partial charge in [0.05, 0.1) is 6.61 Å². The van der Waals surface area contributed by atoms with Crippen LogP contribution in [0.15, 0.2) is 24.3 Å². The molecule has 50 heavy (non-hydrogen) atoms. The Morgan fingerprint density at radius 2 is 0.880 bits per heavy atom. The Bertz CT molecular complexity index is 761. The molecule has 0 aliphatic heterocycles. The summed E-state index contributed by atoms with van der Waals surface area (Å²) in [5.41, 5.74) is 0. The maximum Gasteiger partial charge on any atom is 0.306 e. The number of carbonyl (C=O) groups is 2. The van der Waals surface area contributed by atoms with E-state index in [4.69, 9.17) is 14.2 Å². The zero-order chi connectivity index (χ0) is 36.4. The van der Waals surface area contributed by atoms with E-state index in [1.54, 1.807) is 0 Å². The molecule has 0 saturated carbocycles. The van der Waals surface area contributed by atoms with Crippen molar-refractivity contribution in [2.45, 2.75) is 232 Å². The lowest BCUT2D eigenvalue weighted by Crippen LogP contribution is -2.30. The van der Waals surface area contributed by atoms with Gasteiger partial charge in [-0.25, -0.2) is 0 Å². The summed E-state index contributed by atoms with van der Waals surface area (Å²) in [5.74, 6) is -0.407. The van der Waals surface area contributed by atoms with Gasteiger partial charge in [-0.2, -0.15) is 0 Å². The highest BCUT2D eigenvalue weighted by molar-refractivity contribution is 5.70. The molecule has 0 heterocycles. The predicted octanol–water partition coefficient (Wildman–Crippen LogP) is 14.1. The van der Waals surface area contributed by atoms with Gasteiger partial charge in [0.25, 0.3) is 0 Å². The van der Waals surface area contributed by atoms with Crippen LogP contribution in [0.1, 0.15) is 226 Å². The lowest BCUT2D eigenvalue weighted by Gasteiger charge is -2.18. The van der Waals surface area contributed by atoms with E-state index < -0.39 is 6.10 Å². The molecule has 0 aliphatic carbocycles. The van der Waals surface area contributed by atoms with E-state index >= 15 is 0 Å². The number of carbonyl (C=O) groups excluding carboxylic acids is 2. The molecule has 294 valence electrons. The van der Waals surface area contributed by atoms with Crippen molar-refractivity contribution < 1.29 is 23.8 Å². The molecule has 0 aromatic heterocycles. The summed E-state index contributed by atoms with van der Waals surface area (Å²) in [6, 6.07) is 0. The Morgan fingerprint density at radius 3 is 1.40 bits per heavy atom. The van der Waals surface area contributed by atoms with Crippen LogP contribution in [0.4, 0.5) is 0 Å². The Kier molecular flexibility index (Phi) is 40.4. The summed E-state index contributed by atoms with van der Waals surface area (Å²) in [7, 11) is 0. The number of esters is 2. The van der Waals surface area contributed by atoms with E-state index in [1.165, 1.54) is 135 Å². The van der Waals surface area contributed by atoms with Crippen LogP contribution in [-0.2, 0) is 23.8 Å². The first kappa shape index (κ1) is 48.4. The van der Waals surface area contributed by atoms with Crippen molar-refractivity contribution in [2.75, 3.05) is 19.8 Å². The molecule has 0 saturated heterocycles. The first-order valence-corrected chi connectivity index (χ1v) is 21.9. The first-order valence-electron chi connectivity index (χ1n) is 21.9. The molecule has 0 amide bonds. The van der Waals surface area contributed by atoms with Gasteiger partial charge in [0, 0.05) is 19.4 Å². The van der Waals surface area contributed by atoms with Gasteiger partial charge in [0.15, 0.2) is 6.10 Å². The van der Waals surface area contributed by atoms with Gasteiger partial charge >= 0.3 is 11.9 Å². The van der Waals surface area contributed by atoms with Gasteiger partial charge in [-0.15, -0.1) is 0 Å². The number of rotatable bonds is 40. The molecular weight excluding hydrogens is 620 g/mol. The average Bonchev–Trinajstić information content (AvgIpc) is 3.11. The van der Waals surface area contributed by atoms with E-state index in [-0.39, 0.29) is 25.2 Å². The average molecular weight is 705 g/mol. The molecular formula is C45H84O5. The summed E-state index contributed by atoms with van der Waals surface area (Å²) >= 11 is 0. The number of ether oxygens (including phenoxy) is 3. The third kappa shape index (κ3) is 39.2. The highest BCUT2D eigenvalue weighted by atomic mass is 16.6. The maximum absolute atomic E-state index is 12.6. The molecule has 5 nitrogen and oxygen atoms in total. The Labute approximate surface area is 311 Å². The zero-order valence-electron chi connectivity index (χ0n) is 33.7. The van der Waals surface area contributed by atoms with Crippen LogP contribution in [0.2, 0.25) is 0 Å². The Hall–Kier alpha value is -1.62. The van der Waals surface area contributed by atoms with Crippen LogP contribution in [0.3, 0.4) is 0 Å². The van der Waals surface area contributed by atoms with Crippen LogP contribution in [0, 0.1) is 0 Å². The minimum atomic E-state index is -0.531. The van der Waals surface area contributed by atoms with E-state index in [0.717, 1.165) is 57.8 Å². The maximum atomic E-state index is 12.6. The number of allylic oxidation sites excluding steroid dienone is 4. The van der Waals surface area contributed by atoms with Crippen LogP contribution in [0.5, 0.6) is 0 Å². The summed E-state index contributed by atoms with van der Waals surface area (Å²) < 4.78 is 17.2. The van der Waals surface area contributed by atoms with E-state index in [2.05, 4.69) is 45.1 Å². The molecule has 0 rings (SSSR count). The van der Waals surface area contributed by atoms with Crippen LogP contribution >= 0.6 is 0 Å². The van der Waals surface area contributed by atoms with Crippen molar-refractivity contribution in [3.05, 3.63) is 24.3 Å². The Balaban J connectivity index is 4.11. The fraction of sp³-hybridized carbons (Fsp3) is 0.867. The topological polar surface area (TPSA) is 61.8 Å². The van der Waals surface area contributed by atoms with Gasteiger partial charge in [-0.1, -0.05) is 193 Å². The fourth-order valence-electron chi connectivity index (χ4n) is 6.19. The number of unbranched alkanes of at least 4 members (excludes halogenated alkanes) is 25. The van der Waals surface area contributed by atoms with Crippen molar-refractivity contribution >= 4 is 11.9 Å². The first-order chi connectivity index (χ1) is 24.6. The summed E-state index contributed by atoms with van der Waals surface area (Å²) in [6.45, 7) is 7.73. The molecule has 0 aromatic rings. The molecule has 0 aliphatic rings. The van der Waals surface area contributed by atoms with Gasteiger partial charge < -0.3 is 14.2 Å². The van der Waals surface area contributed by atoms with Gasteiger partial charge in [-0.3, -0.25) is 9.59 Å². The van der Waals surface area contributed by atoms with Gasteiger partial charge in [0.1, 0.15) is 6.61 Å². The van der Waals surface area contributed by atoms with Crippen molar-refractivity contribution in [3.63, 3.8) is 0 Å². The van der Waals surface area contributed by atoms with E-state index in [0.29, 0.717) is 19.4 Å². The minimum absolute atomic E-state index is 0.0850. The van der Waals surface area contributed by atoms with Gasteiger partial charge in [-0.05, 0) is 44.9 Å². The molecule has 0 spiro atoms. The highest BCUT2D eigenvalue weighted by Gasteiger charge is 2.17. The quantitative estimate of drug-likeness (QED) is 0.0361. The van der Waals surface area contributed by atoms with E-state index in [1.807, 2.05) is 0 Å². The molecule has 0 aromatic carbocycles. The van der Waals surface area contributed by atoms with Crippen molar-refractivity contribution in [1.82, 2.24) is 0 Å². The molecule has 5 heteroatoms. The van der Waals surface area contributed by atoms with Crippen molar-refractivity contribution in [3.8, 4) is 0 Å². The number of hydrogen-bond acceptors (Lipinski definition) is 5. The predicted molar refractivity (Wildman–Crippen MR) is 215 cm³/mol. The molecule has 1 unspecified atom stereocenters. The second kappa shape index (κ2) is 41.8. The standard InChI is InChI=1S/C45H84O5/c1-4-7-10-13-16-18-20-22-23-25-26-28-30-32-35-38-44(46)49-42-43(41-48-40-37-34-15-12-9-6-3)50-45(47)39-36-33-31-29-27-24-21-19-17-14-11-8-5-2/h11,14,19,21,43H,4-10,12-13,15-18,20,22-42H2,1-3H3/b14-11-,21-19-. The third-order valence-electron chi connectivity index (χ3n) is 9.47. The zero-order valence-corrected chi connectivity index (χ0v) is 33.7. The largest absolute Gasteiger partial charge is 0.462 e. The second-order valence-electron chi connectivity index (χ2n) is 14.6. The highest BCUT2D eigenvalue weighted by Crippen LogP contribution is 2.15. The third-order valence-corrected chi connectivity index (χ3v) is 9.47. The summed E-state index contributed by atoms with van der Waals surface area (Å²) in [6.07, 6.45) is 46.1. The van der Waals surface area contributed by atoms with Crippen LogP contribution in [0.25, 0.3) is 0 Å². The number of hydrogen-bond donors (Lipinski definition) is 0.